The van der Waals surface area contributed by atoms with E-state index in [1.807, 2.05) is 0 Å². The molecule has 0 unspecified atom stereocenters. The number of ether oxygens (including phenoxy) is 2. The number of alkyl halides is 3. The standard InChI is InChI=1S/C12H13ClF2O3/c1-3-17-11(16)9-5-8(6-13)10(4-7(9)2)18-12(14)15/h4-5,12H,3,6H2,1-2H3. The van der Waals surface area contributed by atoms with E-state index in [0.29, 0.717) is 16.7 Å². The number of hydrogen-bond donors (Lipinski definition) is 0. The van der Waals surface area contributed by atoms with Crippen molar-refractivity contribution in [2.75, 3.05) is 6.61 Å². The van der Waals surface area contributed by atoms with Crippen LogP contribution in [0.2, 0.25) is 0 Å². The van der Waals surface area contributed by atoms with Gasteiger partial charge in [-0.05, 0) is 31.5 Å². The van der Waals surface area contributed by atoms with Crippen LogP contribution in [0.15, 0.2) is 12.1 Å². The second-order valence-electron chi connectivity index (χ2n) is 3.51. The molecule has 0 atom stereocenters. The fraction of sp³-hybridized carbons (Fsp3) is 0.417. The Kier molecular flexibility index (Phi) is 5.34. The molecule has 0 heterocycles. The largest absolute Gasteiger partial charge is 0.462 e. The number of halogens is 3. The summed E-state index contributed by atoms with van der Waals surface area (Å²) in [6, 6.07) is 2.77. The summed E-state index contributed by atoms with van der Waals surface area (Å²) in [4.78, 5) is 11.6. The molecule has 0 N–H and O–H groups in total. The quantitative estimate of drug-likeness (QED) is 0.611. The summed E-state index contributed by atoms with van der Waals surface area (Å²) in [5.74, 6) is -0.565. The molecule has 0 amide bonds. The van der Waals surface area contributed by atoms with Crippen LogP contribution in [-0.4, -0.2) is 19.2 Å². The molecule has 0 aliphatic heterocycles. The number of benzene rings is 1. The first kappa shape index (κ1) is 14.7. The van der Waals surface area contributed by atoms with Crippen molar-refractivity contribution in [1.82, 2.24) is 0 Å². The van der Waals surface area contributed by atoms with Crippen molar-refractivity contribution in [3.05, 3.63) is 28.8 Å². The Balaban J connectivity index is 3.13. The predicted octanol–water partition coefficient (Wildman–Crippen LogP) is 3.51. The molecule has 0 spiro atoms. The minimum absolute atomic E-state index is 0.0226. The highest BCUT2D eigenvalue weighted by Crippen LogP contribution is 2.27. The van der Waals surface area contributed by atoms with E-state index in [1.54, 1.807) is 13.8 Å². The van der Waals surface area contributed by atoms with Gasteiger partial charge in [0.15, 0.2) is 0 Å². The van der Waals surface area contributed by atoms with Gasteiger partial charge in [-0.15, -0.1) is 11.6 Å². The lowest BCUT2D eigenvalue weighted by Gasteiger charge is -2.13. The van der Waals surface area contributed by atoms with Crippen molar-refractivity contribution >= 4 is 17.6 Å². The van der Waals surface area contributed by atoms with Gasteiger partial charge < -0.3 is 9.47 Å². The van der Waals surface area contributed by atoms with Gasteiger partial charge in [0, 0.05) is 5.56 Å². The van der Waals surface area contributed by atoms with Gasteiger partial charge in [-0.1, -0.05) is 0 Å². The van der Waals surface area contributed by atoms with E-state index in [4.69, 9.17) is 16.3 Å². The predicted molar refractivity (Wildman–Crippen MR) is 63.3 cm³/mol. The van der Waals surface area contributed by atoms with Crippen LogP contribution >= 0.6 is 11.6 Å². The van der Waals surface area contributed by atoms with Gasteiger partial charge in [0.05, 0.1) is 18.1 Å². The van der Waals surface area contributed by atoms with E-state index in [1.165, 1.54) is 12.1 Å². The average molecular weight is 279 g/mol. The minimum atomic E-state index is -2.93. The normalized spacial score (nSPS) is 10.6. The van der Waals surface area contributed by atoms with Gasteiger partial charge in [-0.3, -0.25) is 0 Å². The Hall–Kier alpha value is -1.36. The lowest BCUT2D eigenvalue weighted by atomic mass is 10.0. The van der Waals surface area contributed by atoms with Crippen molar-refractivity contribution in [2.24, 2.45) is 0 Å². The summed E-state index contributed by atoms with van der Waals surface area (Å²) < 4.78 is 33.6. The molecule has 0 saturated carbocycles. The van der Waals surface area contributed by atoms with Gasteiger partial charge in [-0.2, -0.15) is 8.78 Å². The molecule has 6 heteroatoms. The first-order chi connectivity index (χ1) is 8.49. The number of esters is 1. The SMILES string of the molecule is CCOC(=O)c1cc(CCl)c(OC(F)F)cc1C. The maximum absolute atomic E-state index is 12.2. The molecule has 0 radical (unpaired) electrons. The molecule has 0 fully saturated rings. The first-order valence-electron chi connectivity index (χ1n) is 5.31. The maximum atomic E-state index is 12.2. The average Bonchev–Trinajstić information content (AvgIpc) is 2.28. The highest BCUT2D eigenvalue weighted by molar-refractivity contribution is 6.17. The van der Waals surface area contributed by atoms with E-state index in [0.717, 1.165) is 0 Å². The van der Waals surface area contributed by atoms with E-state index in [-0.39, 0.29) is 18.2 Å². The van der Waals surface area contributed by atoms with E-state index >= 15 is 0 Å². The minimum Gasteiger partial charge on any atom is -0.462 e. The summed E-state index contributed by atoms with van der Waals surface area (Å²) in [7, 11) is 0. The molecule has 100 valence electrons. The lowest BCUT2D eigenvalue weighted by Crippen LogP contribution is -2.10. The molecule has 0 saturated heterocycles. The van der Waals surface area contributed by atoms with Gasteiger partial charge in [0.1, 0.15) is 5.75 Å². The molecule has 0 aliphatic rings. The van der Waals surface area contributed by atoms with Crippen LogP contribution < -0.4 is 4.74 Å². The first-order valence-corrected chi connectivity index (χ1v) is 5.84. The molecular weight excluding hydrogens is 266 g/mol. The highest BCUT2D eigenvalue weighted by Gasteiger charge is 2.16. The summed E-state index contributed by atoms with van der Waals surface area (Å²) in [6.45, 7) is 0.607. The van der Waals surface area contributed by atoms with Gasteiger partial charge >= 0.3 is 12.6 Å². The van der Waals surface area contributed by atoms with Crippen molar-refractivity contribution in [2.45, 2.75) is 26.3 Å². The van der Waals surface area contributed by atoms with Crippen LogP contribution in [0.5, 0.6) is 5.75 Å². The van der Waals surface area contributed by atoms with E-state index in [9.17, 15) is 13.6 Å². The Morgan fingerprint density at radius 2 is 2.11 bits per heavy atom. The summed E-state index contributed by atoms with van der Waals surface area (Å²) in [5.41, 5.74) is 1.12. The van der Waals surface area contributed by atoms with Crippen molar-refractivity contribution in [3.8, 4) is 5.75 Å². The van der Waals surface area contributed by atoms with Crippen molar-refractivity contribution < 1.29 is 23.0 Å². The van der Waals surface area contributed by atoms with Crippen LogP contribution in [0.3, 0.4) is 0 Å². The van der Waals surface area contributed by atoms with Crippen molar-refractivity contribution in [3.63, 3.8) is 0 Å². The Morgan fingerprint density at radius 3 is 2.61 bits per heavy atom. The third-order valence-corrected chi connectivity index (χ3v) is 2.55. The lowest BCUT2D eigenvalue weighted by molar-refractivity contribution is -0.0503. The van der Waals surface area contributed by atoms with Crippen molar-refractivity contribution in [1.29, 1.82) is 0 Å². The van der Waals surface area contributed by atoms with Gasteiger partial charge in [0.25, 0.3) is 0 Å². The third-order valence-electron chi connectivity index (χ3n) is 2.26. The molecule has 1 rings (SSSR count). The highest BCUT2D eigenvalue weighted by atomic mass is 35.5. The molecule has 0 bridgehead atoms. The van der Waals surface area contributed by atoms with Crippen LogP contribution in [0.1, 0.15) is 28.4 Å². The molecule has 0 aliphatic carbocycles. The molecule has 1 aromatic carbocycles. The van der Waals surface area contributed by atoms with Crippen LogP contribution in [0.4, 0.5) is 8.78 Å². The van der Waals surface area contributed by atoms with E-state index in [2.05, 4.69) is 4.74 Å². The fourth-order valence-electron chi connectivity index (χ4n) is 1.47. The zero-order chi connectivity index (χ0) is 13.7. The van der Waals surface area contributed by atoms with Crippen LogP contribution in [0.25, 0.3) is 0 Å². The third kappa shape index (κ3) is 3.57. The summed E-state index contributed by atoms with van der Waals surface area (Å²) >= 11 is 5.64. The number of aryl methyl sites for hydroxylation is 1. The molecule has 1 aromatic rings. The van der Waals surface area contributed by atoms with Gasteiger partial charge in [-0.25, -0.2) is 4.79 Å². The Bertz CT molecular complexity index is 436. The second-order valence-corrected chi connectivity index (χ2v) is 3.77. The molecule has 3 nitrogen and oxygen atoms in total. The van der Waals surface area contributed by atoms with E-state index < -0.39 is 12.6 Å². The Labute approximate surface area is 109 Å². The Morgan fingerprint density at radius 1 is 1.44 bits per heavy atom. The molecule has 18 heavy (non-hydrogen) atoms. The molecule has 0 aromatic heterocycles. The zero-order valence-corrected chi connectivity index (χ0v) is 10.8. The topological polar surface area (TPSA) is 35.5 Å². The molecular formula is C12H13ClF2O3. The number of carbonyl (C=O) groups is 1. The second kappa shape index (κ2) is 6.54. The van der Waals surface area contributed by atoms with Crippen LogP contribution in [0, 0.1) is 6.92 Å². The summed E-state index contributed by atoms with van der Waals surface area (Å²) in [6.07, 6.45) is 0. The smallest absolute Gasteiger partial charge is 0.387 e. The number of carbonyl (C=O) groups excluding carboxylic acids is 1. The number of rotatable bonds is 5. The maximum Gasteiger partial charge on any atom is 0.387 e. The summed E-state index contributed by atoms with van der Waals surface area (Å²) in [5, 5.41) is 0. The zero-order valence-electron chi connectivity index (χ0n) is 10.0. The fourth-order valence-corrected chi connectivity index (χ4v) is 1.67. The number of hydrogen-bond acceptors (Lipinski definition) is 3. The van der Waals surface area contributed by atoms with Crippen LogP contribution in [-0.2, 0) is 10.6 Å². The monoisotopic (exact) mass is 278 g/mol. The van der Waals surface area contributed by atoms with Gasteiger partial charge in [0.2, 0.25) is 0 Å².